The zero-order valence-corrected chi connectivity index (χ0v) is 11.9. The Bertz CT molecular complexity index is 945. The summed E-state index contributed by atoms with van der Waals surface area (Å²) < 4.78 is 23.4. The van der Waals surface area contributed by atoms with Gasteiger partial charge in [0.25, 0.3) is 9.05 Å². The van der Waals surface area contributed by atoms with E-state index < -0.39 is 20.2 Å². The van der Waals surface area contributed by atoms with Crippen molar-refractivity contribution in [2.24, 2.45) is 0 Å². The number of H-pyrrole nitrogens is 2. The smallest absolute Gasteiger partial charge is 0.314 e. The third kappa shape index (κ3) is 1.96. The maximum atomic E-state index is 11.7. The van der Waals surface area contributed by atoms with Crippen LogP contribution < -0.4 is 11.1 Å². The summed E-state index contributed by atoms with van der Waals surface area (Å²) >= 11 is 0. The fourth-order valence-corrected chi connectivity index (χ4v) is 3.66. The van der Waals surface area contributed by atoms with Gasteiger partial charge >= 0.3 is 11.1 Å². The van der Waals surface area contributed by atoms with Crippen molar-refractivity contribution in [3.63, 3.8) is 0 Å². The van der Waals surface area contributed by atoms with E-state index in [2.05, 4.69) is 9.97 Å². The van der Waals surface area contributed by atoms with Crippen LogP contribution in [-0.4, -0.2) is 30.3 Å². The predicted octanol–water partition coefficient (Wildman–Crippen LogP) is 0.0893. The third-order valence-electron chi connectivity index (χ3n) is 3.32. The van der Waals surface area contributed by atoms with Crippen LogP contribution in [0.1, 0.15) is 11.1 Å². The highest BCUT2D eigenvalue weighted by Crippen LogP contribution is 2.33. The molecule has 0 bridgehead atoms. The Labute approximate surface area is 117 Å². The molecule has 0 atom stereocenters. The van der Waals surface area contributed by atoms with E-state index in [-0.39, 0.29) is 10.4 Å². The van der Waals surface area contributed by atoms with Crippen LogP contribution in [0.3, 0.4) is 0 Å². The minimum absolute atomic E-state index is 0.0336. The highest BCUT2D eigenvalue weighted by Gasteiger charge is 2.27. The Hall–Kier alpha value is -1.64. The average molecular weight is 316 g/mol. The molecule has 1 aliphatic rings. The number of nitrogens with one attached hydrogen (secondary N) is 2. The van der Waals surface area contributed by atoms with E-state index in [1.165, 1.54) is 6.07 Å². The average Bonchev–Trinajstić information content (AvgIpc) is 2.70. The van der Waals surface area contributed by atoms with Crippen molar-refractivity contribution >= 4 is 30.8 Å². The highest BCUT2D eigenvalue weighted by molar-refractivity contribution is 8.13. The summed E-state index contributed by atoms with van der Waals surface area (Å²) in [4.78, 5) is 29.5. The molecule has 0 fully saturated rings. The lowest BCUT2D eigenvalue weighted by Crippen LogP contribution is -2.29. The number of fused-ring (bicyclic) bond motifs is 3. The normalized spacial score (nSPS) is 15.7. The largest absolute Gasteiger partial charge is 0.316 e. The molecule has 2 aromatic rings. The van der Waals surface area contributed by atoms with E-state index >= 15 is 0 Å². The molecule has 7 nitrogen and oxygen atoms in total. The van der Waals surface area contributed by atoms with Gasteiger partial charge in [0.15, 0.2) is 0 Å². The Morgan fingerprint density at radius 3 is 2.40 bits per heavy atom. The molecule has 0 saturated heterocycles. The monoisotopic (exact) mass is 315 g/mol. The van der Waals surface area contributed by atoms with Crippen LogP contribution in [0.15, 0.2) is 20.6 Å². The highest BCUT2D eigenvalue weighted by atomic mass is 35.7. The summed E-state index contributed by atoms with van der Waals surface area (Å²) in [5.41, 5.74) is 0.314. The molecule has 20 heavy (non-hydrogen) atoms. The van der Waals surface area contributed by atoms with Crippen molar-refractivity contribution < 1.29 is 8.42 Å². The van der Waals surface area contributed by atoms with Gasteiger partial charge in [0.2, 0.25) is 0 Å². The van der Waals surface area contributed by atoms with Gasteiger partial charge in [-0.15, -0.1) is 0 Å². The minimum atomic E-state index is -3.93. The van der Waals surface area contributed by atoms with E-state index in [1.54, 1.807) is 0 Å². The molecular weight excluding hydrogens is 306 g/mol. The second-order valence-electron chi connectivity index (χ2n) is 4.77. The molecule has 9 heteroatoms. The molecule has 0 saturated carbocycles. The van der Waals surface area contributed by atoms with Crippen LogP contribution in [-0.2, 0) is 22.1 Å². The molecule has 1 aromatic heterocycles. The molecule has 0 unspecified atom stereocenters. The lowest BCUT2D eigenvalue weighted by Gasteiger charge is -2.08. The van der Waals surface area contributed by atoms with E-state index in [4.69, 9.17) is 10.7 Å². The summed E-state index contributed by atoms with van der Waals surface area (Å²) in [6.07, 6.45) is 0. The van der Waals surface area contributed by atoms with E-state index in [0.29, 0.717) is 29.7 Å². The number of hydrogen-bond acceptors (Lipinski definition) is 5. The van der Waals surface area contributed by atoms with Gasteiger partial charge in [0.1, 0.15) is 0 Å². The molecule has 3 rings (SSSR count). The predicted molar refractivity (Wildman–Crippen MR) is 73.4 cm³/mol. The Kier molecular flexibility index (Phi) is 2.79. The topological polar surface area (TPSA) is 103 Å². The van der Waals surface area contributed by atoms with Gasteiger partial charge in [-0.1, -0.05) is 0 Å². The van der Waals surface area contributed by atoms with Crippen LogP contribution in [0.2, 0.25) is 0 Å². The first-order valence-electron chi connectivity index (χ1n) is 5.71. The molecule has 1 aliphatic heterocycles. The molecule has 0 spiro atoms. The van der Waals surface area contributed by atoms with Crippen LogP contribution in [0, 0.1) is 0 Å². The molecular formula is C11H10ClN3O4S. The first-order chi connectivity index (χ1) is 9.27. The van der Waals surface area contributed by atoms with Crippen LogP contribution in [0.4, 0.5) is 0 Å². The van der Waals surface area contributed by atoms with Crippen LogP contribution in [0.25, 0.3) is 11.0 Å². The molecule has 0 amide bonds. The summed E-state index contributed by atoms with van der Waals surface area (Å²) in [5, 5.41) is 0. The molecule has 0 aliphatic carbocycles. The number of hydrogen-bond donors (Lipinski definition) is 2. The first-order valence-corrected chi connectivity index (χ1v) is 8.02. The summed E-state index contributed by atoms with van der Waals surface area (Å²) in [6, 6.07) is 1.28. The Morgan fingerprint density at radius 1 is 1.15 bits per heavy atom. The van der Waals surface area contributed by atoms with E-state index in [0.717, 1.165) is 0 Å². The first kappa shape index (κ1) is 13.3. The zero-order chi connectivity index (χ0) is 14.7. The van der Waals surface area contributed by atoms with Gasteiger partial charge in [0, 0.05) is 23.8 Å². The summed E-state index contributed by atoms with van der Waals surface area (Å²) in [5.74, 6) is 0. The number of rotatable bonds is 1. The molecule has 2 heterocycles. The Balaban J connectivity index is 2.52. The second kappa shape index (κ2) is 4.18. The van der Waals surface area contributed by atoms with Crippen molar-refractivity contribution in [1.82, 2.24) is 14.9 Å². The lowest BCUT2D eigenvalue weighted by atomic mass is 10.1. The van der Waals surface area contributed by atoms with Crippen molar-refractivity contribution in [2.45, 2.75) is 18.0 Å². The van der Waals surface area contributed by atoms with Gasteiger partial charge < -0.3 is 9.97 Å². The molecule has 0 radical (unpaired) electrons. The third-order valence-corrected chi connectivity index (χ3v) is 4.71. The van der Waals surface area contributed by atoms with Crippen molar-refractivity contribution in [3.05, 3.63) is 37.9 Å². The second-order valence-corrected chi connectivity index (χ2v) is 7.31. The quantitative estimate of drug-likeness (QED) is 0.573. The van der Waals surface area contributed by atoms with Gasteiger partial charge in [-0.05, 0) is 24.2 Å². The van der Waals surface area contributed by atoms with Gasteiger partial charge in [-0.3, -0.25) is 14.5 Å². The Morgan fingerprint density at radius 2 is 1.75 bits per heavy atom. The maximum Gasteiger partial charge on any atom is 0.314 e. The molecule has 106 valence electrons. The van der Waals surface area contributed by atoms with E-state index in [9.17, 15) is 18.0 Å². The van der Waals surface area contributed by atoms with Crippen molar-refractivity contribution in [2.75, 3.05) is 7.05 Å². The van der Waals surface area contributed by atoms with Crippen molar-refractivity contribution in [1.29, 1.82) is 0 Å². The van der Waals surface area contributed by atoms with Gasteiger partial charge in [0.05, 0.1) is 15.9 Å². The van der Waals surface area contributed by atoms with Crippen molar-refractivity contribution in [3.8, 4) is 0 Å². The zero-order valence-electron chi connectivity index (χ0n) is 10.4. The number of aromatic nitrogens is 2. The van der Waals surface area contributed by atoms with E-state index in [1.807, 2.05) is 11.9 Å². The lowest BCUT2D eigenvalue weighted by molar-refractivity contribution is 0.352. The summed E-state index contributed by atoms with van der Waals surface area (Å²) in [6.45, 7) is 0.877. The fourth-order valence-electron chi connectivity index (χ4n) is 2.50. The summed E-state index contributed by atoms with van der Waals surface area (Å²) in [7, 11) is 3.34. The minimum Gasteiger partial charge on any atom is -0.316 e. The number of nitrogens with zero attached hydrogens (tertiary/aromatic N) is 1. The van der Waals surface area contributed by atoms with Gasteiger partial charge in [-0.2, -0.15) is 0 Å². The molecule has 1 aromatic carbocycles. The maximum absolute atomic E-state index is 11.7. The fraction of sp³-hybridized carbons (Fsp3) is 0.273. The van der Waals surface area contributed by atoms with Crippen LogP contribution in [0.5, 0.6) is 0 Å². The molecule has 2 N–H and O–H groups in total. The standard InChI is InChI=1S/C11H10ClN3O4S/c1-15-3-5-6(4-15)9-7(2-8(5)20(12,18)19)13-10(16)11(17)14-9/h2H,3-4H2,1H3,(H,13,16)(H,14,17). The van der Waals surface area contributed by atoms with Gasteiger partial charge in [-0.25, -0.2) is 8.42 Å². The van der Waals surface area contributed by atoms with Crippen LogP contribution >= 0.6 is 10.7 Å². The number of benzene rings is 1. The number of aromatic amines is 2. The number of halogens is 1. The SMILES string of the molecule is CN1Cc2c(S(=O)(=O)Cl)cc3[nH]c(=O)c(=O)[nH]c3c2C1.